The van der Waals surface area contributed by atoms with E-state index in [2.05, 4.69) is 23.0 Å². The second-order valence-electron chi connectivity index (χ2n) is 3.51. The van der Waals surface area contributed by atoms with Gasteiger partial charge < -0.3 is 15.2 Å². The van der Waals surface area contributed by atoms with Crippen molar-refractivity contribution in [1.29, 1.82) is 0 Å². The van der Waals surface area contributed by atoms with Crippen molar-refractivity contribution in [2.75, 3.05) is 26.1 Å². The number of aryl methyl sites for hydroxylation is 1. The summed E-state index contributed by atoms with van der Waals surface area (Å²) in [6, 6.07) is 2.06. The summed E-state index contributed by atoms with van der Waals surface area (Å²) < 4.78 is 10.5. The van der Waals surface area contributed by atoms with E-state index in [0.717, 1.165) is 16.6 Å². The van der Waals surface area contributed by atoms with Gasteiger partial charge in [0.2, 0.25) is 11.8 Å². The Bertz CT molecular complexity index is 513. The molecule has 6 heteroatoms. The summed E-state index contributed by atoms with van der Waals surface area (Å²) in [6.45, 7) is 3.09. The number of hydrogen-bond donors (Lipinski definition) is 1. The molecule has 0 bridgehead atoms. The van der Waals surface area contributed by atoms with Crippen molar-refractivity contribution in [1.82, 2.24) is 9.97 Å². The molecule has 0 fully saturated rings. The molecule has 2 aromatic rings. The van der Waals surface area contributed by atoms with Crippen molar-refractivity contribution in [2.24, 2.45) is 0 Å². The van der Waals surface area contributed by atoms with E-state index in [1.54, 1.807) is 18.4 Å². The van der Waals surface area contributed by atoms with E-state index in [1.165, 1.54) is 4.88 Å². The number of ether oxygens (including phenoxy) is 2. The molecule has 2 rings (SSSR count). The lowest BCUT2D eigenvalue weighted by molar-refractivity contribution is 0.144. The minimum atomic E-state index is 0.245. The molecule has 0 saturated heterocycles. The van der Waals surface area contributed by atoms with Crippen molar-refractivity contribution in [3.63, 3.8) is 0 Å². The zero-order valence-corrected chi connectivity index (χ0v) is 10.7. The van der Waals surface area contributed by atoms with Crippen molar-refractivity contribution < 1.29 is 9.47 Å². The number of nitrogens with two attached hydrogens (primary N) is 1. The Morgan fingerprint density at radius 1 is 1.35 bits per heavy atom. The smallest absolute Gasteiger partial charge is 0.227 e. The van der Waals surface area contributed by atoms with Crippen LogP contribution in [0.5, 0.6) is 5.88 Å². The second-order valence-corrected chi connectivity index (χ2v) is 4.63. The molecule has 2 aromatic heterocycles. The van der Waals surface area contributed by atoms with E-state index in [4.69, 9.17) is 15.2 Å². The van der Waals surface area contributed by atoms with E-state index in [0.29, 0.717) is 19.1 Å². The first-order chi connectivity index (χ1) is 8.24. The number of anilines is 1. The average Bonchev–Trinajstić information content (AvgIpc) is 2.72. The van der Waals surface area contributed by atoms with Gasteiger partial charge in [-0.25, -0.2) is 4.98 Å². The first kappa shape index (κ1) is 12.1. The number of nitrogens with zero attached hydrogens (tertiary/aromatic N) is 2. The topological polar surface area (TPSA) is 70.3 Å². The van der Waals surface area contributed by atoms with Crippen LogP contribution < -0.4 is 10.5 Å². The van der Waals surface area contributed by atoms with E-state index in [9.17, 15) is 0 Å². The van der Waals surface area contributed by atoms with Crippen LogP contribution in [0.25, 0.3) is 10.2 Å². The van der Waals surface area contributed by atoms with Crippen LogP contribution in [0.4, 0.5) is 5.95 Å². The monoisotopic (exact) mass is 253 g/mol. The molecule has 0 radical (unpaired) electrons. The Morgan fingerprint density at radius 3 is 2.88 bits per heavy atom. The summed E-state index contributed by atoms with van der Waals surface area (Å²) in [5, 5.41) is 0.928. The third kappa shape index (κ3) is 2.65. The van der Waals surface area contributed by atoms with Gasteiger partial charge in [0, 0.05) is 12.0 Å². The number of fused-ring (bicyclic) bond motifs is 1. The van der Waals surface area contributed by atoms with Gasteiger partial charge in [0.1, 0.15) is 11.4 Å². The largest absolute Gasteiger partial charge is 0.475 e. The van der Waals surface area contributed by atoms with Gasteiger partial charge in [0.15, 0.2) is 0 Å². The van der Waals surface area contributed by atoms with Crippen molar-refractivity contribution in [3.05, 3.63) is 10.9 Å². The van der Waals surface area contributed by atoms with Gasteiger partial charge in [-0.1, -0.05) is 6.92 Å². The summed E-state index contributed by atoms with van der Waals surface area (Å²) >= 11 is 1.62. The predicted molar refractivity (Wildman–Crippen MR) is 68.6 cm³/mol. The van der Waals surface area contributed by atoms with Crippen LogP contribution in [0.3, 0.4) is 0 Å². The van der Waals surface area contributed by atoms with E-state index >= 15 is 0 Å². The molecule has 92 valence electrons. The summed E-state index contributed by atoms with van der Waals surface area (Å²) in [6.07, 6.45) is 0.971. The third-order valence-corrected chi connectivity index (χ3v) is 3.47. The van der Waals surface area contributed by atoms with Gasteiger partial charge in [0.25, 0.3) is 0 Å². The highest BCUT2D eigenvalue weighted by molar-refractivity contribution is 7.18. The zero-order valence-electron chi connectivity index (χ0n) is 9.90. The molecule has 0 aromatic carbocycles. The second kappa shape index (κ2) is 5.29. The quantitative estimate of drug-likeness (QED) is 0.824. The molecule has 0 spiro atoms. The van der Waals surface area contributed by atoms with Gasteiger partial charge in [-0.3, -0.25) is 0 Å². The highest BCUT2D eigenvalue weighted by Gasteiger charge is 2.11. The molecular formula is C11H15N3O2S. The molecule has 5 nitrogen and oxygen atoms in total. The summed E-state index contributed by atoms with van der Waals surface area (Å²) in [4.78, 5) is 10.4. The number of nitrogen functional groups attached to an aromatic ring is 1. The summed E-state index contributed by atoms with van der Waals surface area (Å²) in [7, 11) is 1.63. The highest BCUT2D eigenvalue weighted by Crippen LogP contribution is 2.31. The molecule has 0 amide bonds. The maximum Gasteiger partial charge on any atom is 0.227 e. The van der Waals surface area contributed by atoms with Gasteiger partial charge in [0.05, 0.1) is 12.0 Å². The lowest BCUT2D eigenvalue weighted by atomic mass is 10.3. The molecule has 0 aliphatic rings. The molecule has 0 aliphatic carbocycles. The zero-order chi connectivity index (χ0) is 12.3. The molecule has 2 N–H and O–H groups in total. The average molecular weight is 253 g/mol. The van der Waals surface area contributed by atoms with Crippen LogP contribution in [0.1, 0.15) is 11.8 Å². The van der Waals surface area contributed by atoms with Crippen LogP contribution in [0, 0.1) is 0 Å². The maximum absolute atomic E-state index is 5.65. The minimum absolute atomic E-state index is 0.245. The maximum atomic E-state index is 5.65. The highest BCUT2D eigenvalue weighted by atomic mass is 32.1. The fourth-order valence-electron chi connectivity index (χ4n) is 1.47. The number of aromatic nitrogens is 2. The van der Waals surface area contributed by atoms with E-state index < -0.39 is 0 Å². The summed E-state index contributed by atoms with van der Waals surface area (Å²) in [5.74, 6) is 0.787. The molecule has 17 heavy (non-hydrogen) atoms. The Labute approximate surface area is 104 Å². The van der Waals surface area contributed by atoms with Gasteiger partial charge in [-0.15, -0.1) is 11.3 Å². The Morgan fingerprint density at radius 2 is 2.18 bits per heavy atom. The van der Waals surface area contributed by atoms with Gasteiger partial charge in [-0.05, 0) is 12.5 Å². The number of hydrogen-bond acceptors (Lipinski definition) is 6. The van der Waals surface area contributed by atoms with Crippen LogP contribution >= 0.6 is 11.3 Å². The molecule has 0 atom stereocenters. The fourth-order valence-corrected chi connectivity index (χ4v) is 2.43. The fraction of sp³-hybridized carbons (Fsp3) is 0.455. The van der Waals surface area contributed by atoms with Crippen LogP contribution in [0.15, 0.2) is 6.07 Å². The normalized spacial score (nSPS) is 10.9. The first-order valence-corrected chi connectivity index (χ1v) is 6.24. The van der Waals surface area contributed by atoms with Gasteiger partial charge in [-0.2, -0.15) is 4.98 Å². The SMILES string of the molecule is CCc1cc2c(OCCOC)nc(N)nc2s1. The van der Waals surface area contributed by atoms with E-state index in [1.807, 2.05) is 0 Å². The predicted octanol–water partition coefficient (Wildman–Crippen LogP) is 1.86. The molecule has 0 unspecified atom stereocenters. The Balaban J connectivity index is 2.34. The number of methoxy groups -OCH3 is 1. The molecule has 2 heterocycles. The van der Waals surface area contributed by atoms with Crippen LogP contribution in [0.2, 0.25) is 0 Å². The van der Waals surface area contributed by atoms with Crippen molar-refractivity contribution in [3.8, 4) is 5.88 Å². The molecule has 0 aliphatic heterocycles. The Kier molecular flexibility index (Phi) is 3.75. The summed E-state index contributed by atoms with van der Waals surface area (Å²) in [5.41, 5.74) is 5.65. The number of thiophene rings is 1. The van der Waals surface area contributed by atoms with Crippen LogP contribution in [-0.2, 0) is 11.2 Å². The third-order valence-electron chi connectivity index (χ3n) is 2.30. The number of rotatable bonds is 5. The lowest BCUT2D eigenvalue weighted by Gasteiger charge is -2.05. The standard InChI is InChI=1S/C11H15N3O2S/c1-3-7-6-8-9(16-5-4-15-2)13-11(12)14-10(8)17-7/h6H,3-5H2,1-2H3,(H2,12,13,14). The molecular weight excluding hydrogens is 238 g/mol. The van der Waals surface area contributed by atoms with Crippen molar-refractivity contribution in [2.45, 2.75) is 13.3 Å². The van der Waals surface area contributed by atoms with Gasteiger partial charge >= 0.3 is 0 Å². The lowest BCUT2D eigenvalue weighted by Crippen LogP contribution is -2.07. The van der Waals surface area contributed by atoms with Crippen molar-refractivity contribution >= 4 is 27.5 Å². The van der Waals surface area contributed by atoms with Crippen LogP contribution in [-0.4, -0.2) is 30.3 Å². The Hall–Kier alpha value is -1.40. The van der Waals surface area contributed by atoms with E-state index in [-0.39, 0.29) is 5.95 Å². The first-order valence-electron chi connectivity index (χ1n) is 5.42. The minimum Gasteiger partial charge on any atom is -0.475 e. The molecule has 0 saturated carbocycles.